The number of carbonyl (C=O) groups is 3. The highest BCUT2D eigenvalue weighted by atomic mass is 16.5. The summed E-state index contributed by atoms with van der Waals surface area (Å²) in [6.07, 6.45) is 8.08. The van der Waals surface area contributed by atoms with E-state index in [9.17, 15) is 14.4 Å². The highest BCUT2D eigenvalue weighted by Crippen LogP contribution is 2.17. The van der Waals surface area contributed by atoms with Gasteiger partial charge in [0.25, 0.3) is 0 Å². The zero-order chi connectivity index (χ0) is 23.5. The van der Waals surface area contributed by atoms with Crippen LogP contribution in [0.4, 0.5) is 0 Å². The van der Waals surface area contributed by atoms with Crippen molar-refractivity contribution in [2.24, 2.45) is 0 Å². The Kier molecular flexibility index (Phi) is 9.06. The van der Waals surface area contributed by atoms with Crippen LogP contribution in [0, 0.1) is 0 Å². The monoisotopic (exact) mass is 450 g/mol. The van der Waals surface area contributed by atoms with Crippen LogP contribution in [0.15, 0.2) is 60.7 Å². The molecule has 1 aliphatic carbocycles. The Balaban J connectivity index is 1.64. The first kappa shape index (κ1) is 24.0. The van der Waals surface area contributed by atoms with Crippen LogP contribution in [0.3, 0.4) is 0 Å². The topological polar surface area (TPSA) is 93.7 Å². The van der Waals surface area contributed by atoms with Gasteiger partial charge in [-0.3, -0.25) is 9.59 Å². The van der Waals surface area contributed by atoms with E-state index in [1.54, 1.807) is 49.6 Å². The Bertz CT molecular complexity index is 968. The molecule has 0 spiro atoms. The van der Waals surface area contributed by atoms with E-state index in [2.05, 4.69) is 10.6 Å². The smallest absolute Gasteiger partial charge is 0.338 e. The molecule has 0 saturated heterocycles. The summed E-state index contributed by atoms with van der Waals surface area (Å²) in [7, 11) is 1.57. The summed E-state index contributed by atoms with van der Waals surface area (Å²) in [6.45, 7) is -0.259. The molecule has 1 atom stereocenters. The van der Waals surface area contributed by atoms with Crippen molar-refractivity contribution in [1.29, 1.82) is 0 Å². The van der Waals surface area contributed by atoms with Crippen molar-refractivity contribution in [1.82, 2.24) is 10.6 Å². The van der Waals surface area contributed by atoms with Crippen LogP contribution < -0.4 is 15.4 Å². The maximum atomic E-state index is 12.9. The van der Waals surface area contributed by atoms with Gasteiger partial charge < -0.3 is 20.1 Å². The third-order valence-electron chi connectivity index (χ3n) is 5.50. The Morgan fingerprint density at radius 1 is 1.03 bits per heavy atom. The number of hydrogen-bond donors (Lipinski definition) is 2. The molecule has 2 amide bonds. The summed E-state index contributed by atoms with van der Waals surface area (Å²) < 4.78 is 10.5. The molecular formula is C26H30N2O5. The van der Waals surface area contributed by atoms with Crippen LogP contribution in [-0.2, 0) is 14.3 Å². The molecular weight excluding hydrogens is 420 g/mol. The third-order valence-corrected chi connectivity index (χ3v) is 5.50. The van der Waals surface area contributed by atoms with Gasteiger partial charge in [0.2, 0.25) is 11.8 Å². The molecule has 1 saturated carbocycles. The second-order valence-corrected chi connectivity index (χ2v) is 7.98. The lowest BCUT2D eigenvalue weighted by Crippen LogP contribution is -2.52. The van der Waals surface area contributed by atoms with Gasteiger partial charge in [-0.05, 0) is 48.7 Å². The molecule has 33 heavy (non-hydrogen) atoms. The van der Waals surface area contributed by atoms with E-state index in [1.165, 1.54) is 6.08 Å². The van der Waals surface area contributed by atoms with Crippen molar-refractivity contribution >= 4 is 23.9 Å². The van der Waals surface area contributed by atoms with E-state index in [0.29, 0.717) is 11.3 Å². The fourth-order valence-corrected chi connectivity index (χ4v) is 3.69. The number of benzene rings is 2. The summed E-state index contributed by atoms with van der Waals surface area (Å²) in [6, 6.07) is 14.9. The predicted octanol–water partition coefficient (Wildman–Crippen LogP) is 3.50. The van der Waals surface area contributed by atoms with Gasteiger partial charge in [0, 0.05) is 12.1 Å². The molecule has 3 rings (SSSR count). The van der Waals surface area contributed by atoms with E-state index >= 15 is 0 Å². The van der Waals surface area contributed by atoms with E-state index < -0.39 is 17.9 Å². The Morgan fingerprint density at radius 3 is 2.52 bits per heavy atom. The molecule has 2 aromatic rings. The zero-order valence-electron chi connectivity index (χ0n) is 18.8. The highest BCUT2D eigenvalue weighted by Gasteiger charge is 2.25. The minimum atomic E-state index is -0.998. The van der Waals surface area contributed by atoms with Gasteiger partial charge in [0.05, 0.1) is 12.7 Å². The number of nitrogens with one attached hydrogen (secondary N) is 2. The maximum Gasteiger partial charge on any atom is 0.338 e. The van der Waals surface area contributed by atoms with Crippen molar-refractivity contribution in [3.63, 3.8) is 0 Å². The van der Waals surface area contributed by atoms with Crippen molar-refractivity contribution < 1.29 is 23.9 Å². The van der Waals surface area contributed by atoms with Gasteiger partial charge in [0.15, 0.2) is 0 Å². The first-order valence-corrected chi connectivity index (χ1v) is 11.2. The lowest BCUT2D eigenvalue weighted by atomic mass is 9.95. The molecule has 0 aliphatic heterocycles. The average Bonchev–Trinajstić information content (AvgIpc) is 2.86. The highest BCUT2D eigenvalue weighted by molar-refractivity contribution is 5.96. The van der Waals surface area contributed by atoms with Crippen LogP contribution >= 0.6 is 0 Å². The zero-order valence-corrected chi connectivity index (χ0v) is 18.8. The number of esters is 1. The molecule has 0 radical (unpaired) electrons. The van der Waals surface area contributed by atoms with Gasteiger partial charge >= 0.3 is 5.97 Å². The summed E-state index contributed by atoms with van der Waals surface area (Å²) in [5.41, 5.74) is 1.16. The number of amides is 2. The quantitative estimate of drug-likeness (QED) is 0.451. The summed E-state index contributed by atoms with van der Waals surface area (Å²) in [5.74, 6) is -0.689. The number of carbonyl (C=O) groups excluding carboxylic acids is 3. The molecule has 7 heteroatoms. The fraction of sp³-hybridized carbons (Fsp3) is 0.346. The molecule has 0 unspecified atom stereocenters. The van der Waals surface area contributed by atoms with E-state index in [1.807, 2.05) is 18.2 Å². The molecule has 0 heterocycles. The molecule has 174 valence electrons. The summed E-state index contributed by atoms with van der Waals surface area (Å²) in [5, 5.41) is 5.66. The molecule has 2 aromatic carbocycles. The minimum Gasteiger partial charge on any atom is -0.497 e. The SMILES string of the molecule is COc1cccc(/C=C/C(=O)N[C@@H](COC(=O)c2ccccc2)C(=O)NC2CCCCC2)c1. The van der Waals surface area contributed by atoms with Gasteiger partial charge in [-0.25, -0.2) is 4.79 Å². The van der Waals surface area contributed by atoms with Gasteiger partial charge in [0.1, 0.15) is 18.4 Å². The van der Waals surface area contributed by atoms with Gasteiger partial charge in [-0.15, -0.1) is 0 Å². The molecule has 0 aromatic heterocycles. The van der Waals surface area contributed by atoms with Crippen LogP contribution in [0.2, 0.25) is 0 Å². The fourth-order valence-electron chi connectivity index (χ4n) is 3.69. The largest absolute Gasteiger partial charge is 0.497 e. The number of methoxy groups -OCH3 is 1. The third kappa shape index (κ3) is 7.79. The number of hydrogen-bond acceptors (Lipinski definition) is 5. The summed E-state index contributed by atoms with van der Waals surface area (Å²) >= 11 is 0. The second-order valence-electron chi connectivity index (χ2n) is 7.98. The van der Waals surface area contributed by atoms with E-state index in [-0.39, 0.29) is 18.6 Å². The lowest BCUT2D eigenvalue weighted by molar-refractivity contribution is -0.128. The first-order valence-electron chi connectivity index (χ1n) is 11.2. The molecule has 1 aliphatic rings. The Hall–Kier alpha value is -3.61. The first-order chi connectivity index (χ1) is 16.0. The average molecular weight is 451 g/mol. The number of ether oxygens (including phenoxy) is 2. The lowest BCUT2D eigenvalue weighted by Gasteiger charge is -2.25. The van der Waals surface area contributed by atoms with Crippen LogP contribution in [0.5, 0.6) is 5.75 Å². The van der Waals surface area contributed by atoms with Gasteiger partial charge in [-0.2, -0.15) is 0 Å². The molecule has 2 N–H and O–H groups in total. The summed E-state index contributed by atoms with van der Waals surface area (Å²) in [4.78, 5) is 37.8. The maximum absolute atomic E-state index is 12.9. The number of rotatable bonds is 9. The van der Waals surface area contributed by atoms with Crippen molar-refractivity contribution in [3.05, 3.63) is 71.8 Å². The molecule has 7 nitrogen and oxygen atoms in total. The molecule has 0 bridgehead atoms. The van der Waals surface area contributed by atoms with Crippen LogP contribution in [-0.4, -0.2) is 43.6 Å². The van der Waals surface area contributed by atoms with Crippen molar-refractivity contribution in [2.45, 2.75) is 44.2 Å². The normalized spacial score (nSPS) is 14.9. The van der Waals surface area contributed by atoms with Crippen LogP contribution in [0.1, 0.15) is 48.0 Å². The van der Waals surface area contributed by atoms with Gasteiger partial charge in [-0.1, -0.05) is 49.6 Å². The molecule has 1 fully saturated rings. The Morgan fingerprint density at radius 2 is 1.79 bits per heavy atom. The van der Waals surface area contributed by atoms with Crippen molar-refractivity contribution in [3.8, 4) is 5.75 Å². The van der Waals surface area contributed by atoms with Crippen molar-refractivity contribution in [2.75, 3.05) is 13.7 Å². The minimum absolute atomic E-state index is 0.0720. The van der Waals surface area contributed by atoms with E-state index in [0.717, 1.165) is 37.7 Å². The standard InChI is InChI=1S/C26H30N2O5/c1-32-22-14-8-9-19(17-22)15-16-24(29)28-23(25(30)27-21-12-6-3-7-13-21)18-33-26(31)20-10-4-2-5-11-20/h2,4-5,8-11,14-17,21,23H,3,6-7,12-13,18H2,1H3,(H,27,30)(H,28,29)/b16-15+/t23-/m0/s1. The Labute approximate surface area is 194 Å². The predicted molar refractivity (Wildman–Crippen MR) is 126 cm³/mol. The van der Waals surface area contributed by atoms with Crippen LogP contribution in [0.25, 0.3) is 6.08 Å². The van der Waals surface area contributed by atoms with E-state index in [4.69, 9.17) is 9.47 Å². The second kappa shape index (κ2) is 12.4.